The van der Waals surface area contributed by atoms with Crippen LogP contribution in [0.1, 0.15) is 18.4 Å². The monoisotopic (exact) mass is 313 g/mol. The Bertz CT molecular complexity index is 626. The van der Waals surface area contributed by atoms with Crippen LogP contribution in [0.15, 0.2) is 65.8 Å². The topological polar surface area (TPSA) is 68.1 Å². The van der Waals surface area contributed by atoms with Crippen molar-refractivity contribution in [2.75, 3.05) is 6.61 Å². The smallest absolute Gasteiger partial charge is 0.356 e. The van der Waals surface area contributed by atoms with Gasteiger partial charge in [-0.2, -0.15) is 0 Å². The summed E-state index contributed by atoms with van der Waals surface area (Å²) in [7, 11) is 0. The van der Waals surface area contributed by atoms with E-state index in [1.165, 1.54) is 0 Å². The quantitative estimate of drug-likeness (QED) is 0.266. The van der Waals surface area contributed by atoms with Gasteiger partial charge in [0.05, 0.1) is 6.61 Å². The van der Waals surface area contributed by atoms with Gasteiger partial charge in [0.15, 0.2) is 5.71 Å². The fourth-order valence-corrected chi connectivity index (χ4v) is 1.95. The summed E-state index contributed by atoms with van der Waals surface area (Å²) < 4.78 is 10.6. The lowest BCUT2D eigenvalue weighted by atomic mass is 10.2. The van der Waals surface area contributed by atoms with Crippen LogP contribution >= 0.6 is 0 Å². The predicted octanol–water partition coefficient (Wildman–Crippen LogP) is 3.42. The van der Waals surface area contributed by atoms with Crippen LogP contribution in [-0.4, -0.2) is 23.5 Å². The molecule has 2 aromatic rings. The van der Waals surface area contributed by atoms with E-state index in [4.69, 9.17) is 14.7 Å². The second-order valence-electron chi connectivity index (χ2n) is 4.87. The van der Waals surface area contributed by atoms with Crippen molar-refractivity contribution in [3.8, 4) is 5.75 Å². The lowest BCUT2D eigenvalue weighted by Crippen LogP contribution is -2.18. The van der Waals surface area contributed by atoms with E-state index in [0.29, 0.717) is 13.0 Å². The van der Waals surface area contributed by atoms with Gasteiger partial charge < -0.3 is 14.7 Å². The number of hydrogen-bond acceptors (Lipinski definition) is 5. The first-order chi connectivity index (χ1) is 11.3. The Labute approximate surface area is 135 Å². The normalized spacial score (nSPS) is 11.0. The number of para-hydroxylation sites is 1. The van der Waals surface area contributed by atoms with Gasteiger partial charge in [0, 0.05) is 6.42 Å². The number of benzene rings is 2. The minimum atomic E-state index is -0.615. The van der Waals surface area contributed by atoms with Crippen molar-refractivity contribution in [1.29, 1.82) is 0 Å². The van der Waals surface area contributed by atoms with Gasteiger partial charge >= 0.3 is 5.97 Å². The molecule has 0 heterocycles. The second kappa shape index (κ2) is 9.25. The van der Waals surface area contributed by atoms with Crippen molar-refractivity contribution in [2.45, 2.75) is 19.4 Å². The zero-order valence-electron chi connectivity index (χ0n) is 12.7. The summed E-state index contributed by atoms with van der Waals surface area (Å²) in [6.45, 7) is 0.578. The Balaban J connectivity index is 1.71. The Hall–Kier alpha value is -2.82. The van der Waals surface area contributed by atoms with Gasteiger partial charge in [-0.3, -0.25) is 0 Å². The van der Waals surface area contributed by atoms with Gasteiger partial charge in [-0.25, -0.2) is 4.79 Å². The number of oxime groups is 1. The fraction of sp³-hybridized carbons (Fsp3) is 0.222. The van der Waals surface area contributed by atoms with E-state index in [9.17, 15) is 4.79 Å². The van der Waals surface area contributed by atoms with Crippen LogP contribution in [0.4, 0.5) is 0 Å². The molecule has 0 aliphatic carbocycles. The number of nitrogens with zero attached hydrogens (tertiary/aromatic N) is 1. The zero-order chi connectivity index (χ0) is 16.3. The molecule has 5 heteroatoms. The molecule has 0 saturated heterocycles. The highest BCUT2D eigenvalue weighted by molar-refractivity contribution is 6.36. The van der Waals surface area contributed by atoms with Crippen LogP contribution in [-0.2, 0) is 16.1 Å². The zero-order valence-corrected chi connectivity index (χ0v) is 12.7. The summed E-state index contributed by atoms with van der Waals surface area (Å²) in [6.07, 6.45) is 0.839. The number of carbonyl (C=O) groups excluding carboxylic acids is 1. The van der Waals surface area contributed by atoms with E-state index in [1.807, 2.05) is 60.7 Å². The standard InChI is InChI=1S/C18H19NO4/c20-18(23-14-15-8-3-1-4-9-15)17(19-21)12-7-13-22-16-10-5-2-6-11-16/h1-6,8-11,21H,7,12-14H2. The summed E-state index contributed by atoms with van der Waals surface area (Å²) in [5.41, 5.74) is 0.878. The maximum atomic E-state index is 11.9. The molecule has 0 aromatic heterocycles. The van der Waals surface area contributed by atoms with Gasteiger partial charge in [-0.1, -0.05) is 53.7 Å². The first kappa shape index (κ1) is 16.5. The van der Waals surface area contributed by atoms with Crippen LogP contribution in [0.5, 0.6) is 5.75 Å². The van der Waals surface area contributed by atoms with Crippen LogP contribution in [0, 0.1) is 0 Å². The van der Waals surface area contributed by atoms with Crippen molar-refractivity contribution in [1.82, 2.24) is 0 Å². The van der Waals surface area contributed by atoms with Crippen LogP contribution < -0.4 is 4.74 Å². The highest BCUT2D eigenvalue weighted by Gasteiger charge is 2.14. The van der Waals surface area contributed by atoms with E-state index in [2.05, 4.69) is 5.16 Å². The predicted molar refractivity (Wildman–Crippen MR) is 86.6 cm³/mol. The molecule has 2 rings (SSSR count). The van der Waals surface area contributed by atoms with Crippen LogP contribution in [0.3, 0.4) is 0 Å². The summed E-state index contributed by atoms with van der Waals surface area (Å²) >= 11 is 0. The SMILES string of the molecule is O=C(OCc1ccccc1)C(CCCOc1ccccc1)=NO. The van der Waals surface area contributed by atoms with E-state index < -0.39 is 5.97 Å². The Morgan fingerprint density at radius 3 is 2.30 bits per heavy atom. The van der Waals surface area contributed by atoms with Gasteiger partial charge in [0.25, 0.3) is 0 Å². The maximum Gasteiger partial charge on any atom is 0.356 e. The fourth-order valence-electron chi connectivity index (χ4n) is 1.95. The summed E-state index contributed by atoms with van der Waals surface area (Å²) in [6, 6.07) is 18.7. The molecule has 0 bridgehead atoms. The van der Waals surface area contributed by atoms with Gasteiger partial charge in [-0.05, 0) is 24.1 Å². The summed E-state index contributed by atoms with van der Waals surface area (Å²) in [4.78, 5) is 11.9. The minimum absolute atomic E-state index is 0.00223. The summed E-state index contributed by atoms with van der Waals surface area (Å²) in [5.74, 6) is 0.151. The van der Waals surface area contributed by atoms with E-state index in [1.54, 1.807) is 0 Å². The van der Waals surface area contributed by atoms with Gasteiger partial charge in [-0.15, -0.1) is 0 Å². The Morgan fingerprint density at radius 1 is 1.00 bits per heavy atom. The van der Waals surface area contributed by atoms with Crippen molar-refractivity contribution in [3.63, 3.8) is 0 Å². The number of carbonyl (C=O) groups is 1. The van der Waals surface area contributed by atoms with E-state index in [0.717, 1.165) is 11.3 Å². The molecular formula is C18H19NO4. The molecule has 0 radical (unpaired) electrons. The van der Waals surface area contributed by atoms with E-state index >= 15 is 0 Å². The average Bonchev–Trinajstić information content (AvgIpc) is 2.61. The highest BCUT2D eigenvalue weighted by Crippen LogP contribution is 2.09. The summed E-state index contributed by atoms with van der Waals surface area (Å²) in [5, 5.41) is 12.0. The number of esters is 1. The largest absolute Gasteiger partial charge is 0.494 e. The molecule has 0 unspecified atom stereocenters. The maximum absolute atomic E-state index is 11.9. The van der Waals surface area contributed by atoms with Crippen molar-refractivity contribution in [3.05, 3.63) is 66.2 Å². The lowest BCUT2D eigenvalue weighted by molar-refractivity contribution is -0.137. The molecule has 1 N–H and O–H groups in total. The molecule has 0 amide bonds. The number of rotatable bonds is 8. The molecular weight excluding hydrogens is 294 g/mol. The molecule has 120 valence electrons. The van der Waals surface area contributed by atoms with Crippen molar-refractivity contribution < 1.29 is 19.5 Å². The molecule has 0 spiro atoms. The number of hydrogen-bond donors (Lipinski definition) is 1. The van der Waals surface area contributed by atoms with Gasteiger partial charge in [0.1, 0.15) is 12.4 Å². The van der Waals surface area contributed by atoms with Gasteiger partial charge in [0.2, 0.25) is 0 Å². The molecule has 0 saturated carbocycles. The van der Waals surface area contributed by atoms with Crippen molar-refractivity contribution >= 4 is 11.7 Å². The Morgan fingerprint density at radius 2 is 1.65 bits per heavy atom. The van der Waals surface area contributed by atoms with E-state index in [-0.39, 0.29) is 18.7 Å². The molecule has 5 nitrogen and oxygen atoms in total. The first-order valence-corrected chi connectivity index (χ1v) is 7.39. The third-order valence-electron chi connectivity index (χ3n) is 3.14. The van der Waals surface area contributed by atoms with Crippen molar-refractivity contribution in [2.24, 2.45) is 5.16 Å². The molecule has 0 aliphatic heterocycles. The van der Waals surface area contributed by atoms with Crippen LogP contribution in [0.25, 0.3) is 0 Å². The van der Waals surface area contributed by atoms with Crippen LogP contribution in [0.2, 0.25) is 0 Å². The minimum Gasteiger partial charge on any atom is -0.494 e. The third-order valence-corrected chi connectivity index (χ3v) is 3.14. The molecule has 2 aromatic carbocycles. The lowest BCUT2D eigenvalue weighted by Gasteiger charge is -2.07. The average molecular weight is 313 g/mol. The number of ether oxygens (including phenoxy) is 2. The molecule has 0 aliphatic rings. The molecule has 0 atom stereocenters. The molecule has 23 heavy (non-hydrogen) atoms. The Kier molecular flexibility index (Phi) is 6.65. The highest BCUT2D eigenvalue weighted by atomic mass is 16.5. The third kappa shape index (κ3) is 5.82. The molecule has 0 fully saturated rings. The first-order valence-electron chi connectivity index (χ1n) is 7.39. The second-order valence-corrected chi connectivity index (χ2v) is 4.87.